The van der Waals surface area contributed by atoms with Gasteiger partial charge in [0.15, 0.2) is 0 Å². The number of pyridine rings is 1. The number of amides is 1. The van der Waals surface area contributed by atoms with Gasteiger partial charge in [0.1, 0.15) is 17.0 Å². The summed E-state index contributed by atoms with van der Waals surface area (Å²) in [5.74, 6) is -0.175. The Morgan fingerprint density at radius 1 is 1.03 bits per heavy atom. The van der Waals surface area contributed by atoms with Gasteiger partial charge in [-0.2, -0.15) is 0 Å². The molecule has 38 heavy (non-hydrogen) atoms. The van der Waals surface area contributed by atoms with E-state index in [1.165, 1.54) is 7.11 Å². The van der Waals surface area contributed by atoms with E-state index in [-0.39, 0.29) is 17.7 Å². The molecule has 1 fully saturated rings. The van der Waals surface area contributed by atoms with Crippen molar-refractivity contribution in [2.45, 2.75) is 45.1 Å². The summed E-state index contributed by atoms with van der Waals surface area (Å²) < 4.78 is 5.05. The van der Waals surface area contributed by atoms with E-state index in [9.17, 15) is 14.7 Å². The van der Waals surface area contributed by atoms with Crippen LogP contribution in [0.4, 0.5) is 11.5 Å². The summed E-state index contributed by atoms with van der Waals surface area (Å²) >= 11 is 0. The Bertz CT molecular complexity index is 1180. The van der Waals surface area contributed by atoms with Gasteiger partial charge in [-0.05, 0) is 48.8 Å². The first-order valence-electron chi connectivity index (χ1n) is 13.4. The molecule has 1 amide bonds. The summed E-state index contributed by atoms with van der Waals surface area (Å²) in [6, 6.07) is 21.3. The summed E-state index contributed by atoms with van der Waals surface area (Å²) in [5.41, 5.74) is 1.40. The molecule has 0 spiro atoms. The van der Waals surface area contributed by atoms with Crippen molar-refractivity contribution in [1.82, 2.24) is 4.98 Å². The van der Waals surface area contributed by atoms with Crippen molar-refractivity contribution in [3.63, 3.8) is 0 Å². The van der Waals surface area contributed by atoms with Crippen LogP contribution in [-0.2, 0) is 15.1 Å². The molecule has 7 heteroatoms. The van der Waals surface area contributed by atoms with Crippen LogP contribution < -0.4 is 10.2 Å². The van der Waals surface area contributed by atoms with E-state index in [1.54, 1.807) is 12.3 Å². The second-order valence-corrected chi connectivity index (χ2v) is 9.85. The van der Waals surface area contributed by atoms with Crippen LogP contribution in [0.15, 0.2) is 72.9 Å². The van der Waals surface area contributed by atoms with Gasteiger partial charge in [-0.25, -0.2) is 9.78 Å². The van der Waals surface area contributed by atoms with E-state index in [1.807, 2.05) is 74.5 Å². The quantitative estimate of drug-likeness (QED) is 0.371. The molecule has 0 unspecified atom stereocenters. The molecule has 1 aromatic heterocycles. The van der Waals surface area contributed by atoms with Gasteiger partial charge in [-0.3, -0.25) is 4.79 Å². The second kappa shape index (κ2) is 12.2. The number of carbonyl (C=O) groups is 2. The Morgan fingerprint density at radius 3 is 2.08 bits per heavy atom. The molecule has 0 bridgehead atoms. The molecular weight excluding hydrogens is 478 g/mol. The average molecular weight is 516 g/mol. The third-order valence-corrected chi connectivity index (χ3v) is 7.71. The molecule has 7 nitrogen and oxygen atoms in total. The highest BCUT2D eigenvalue weighted by molar-refractivity contribution is 5.98. The van der Waals surface area contributed by atoms with Gasteiger partial charge in [0.25, 0.3) is 0 Å². The Hall–Kier alpha value is -3.71. The van der Waals surface area contributed by atoms with E-state index in [0.717, 1.165) is 24.0 Å². The number of methoxy groups -OCH3 is 1. The topological polar surface area (TPSA) is 91.8 Å². The third-order valence-electron chi connectivity index (χ3n) is 7.71. The minimum Gasteiger partial charge on any atom is -0.465 e. The predicted molar refractivity (Wildman–Crippen MR) is 149 cm³/mol. The lowest BCUT2D eigenvalue weighted by molar-refractivity contribution is -0.120. The molecule has 4 rings (SSSR count). The molecule has 1 aliphatic heterocycles. The molecule has 1 aliphatic rings. The van der Waals surface area contributed by atoms with Crippen molar-refractivity contribution in [2.24, 2.45) is 11.8 Å². The van der Waals surface area contributed by atoms with Crippen LogP contribution in [0.25, 0.3) is 0 Å². The number of nitrogens with zero attached hydrogens (tertiary/aromatic N) is 2. The first-order valence-corrected chi connectivity index (χ1v) is 13.4. The van der Waals surface area contributed by atoms with Crippen molar-refractivity contribution >= 4 is 23.4 Å². The van der Waals surface area contributed by atoms with Gasteiger partial charge in [-0.15, -0.1) is 0 Å². The molecule has 0 saturated carbocycles. The molecule has 0 atom stereocenters. The van der Waals surface area contributed by atoms with Crippen molar-refractivity contribution in [3.05, 3.63) is 89.6 Å². The Labute approximate surface area is 224 Å². The van der Waals surface area contributed by atoms with E-state index in [2.05, 4.69) is 15.2 Å². The largest absolute Gasteiger partial charge is 0.465 e. The lowest BCUT2D eigenvalue weighted by Gasteiger charge is -2.42. The van der Waals surface area contributed by atoms with Gasteiger partial charge in [0.05, 0.1) is 19.0 Å². The van der Waals surface area contributed by atoms with E-state index in [4.69, 9.17) is 4.74 Å². The Balaban J connectivity index is 1.57. The molecule has 2 heterocycles. The van der Waals surface area contributed by atoms with Gasteiger partial charge in [0.2, 0.25) is 5.91 Å². The lowest BCUT2D eigenvalue weighted by Crippen LogP contribution is -2.45. The van der Waals surface area contributed by atoms with Gasteiger partial charge < -0.3 is 20.1 Å². The van der Waals surface area contributed by atoms with Gasteiger partial charge >= 0.3 is 5.97 Å². The summed E-state index contributed by atoms with van der Waals surface area (Å²) in [5, 5.41) is 15.1. The fraction of sp³-hybridized carbons (Fsp3) is 0.387. The van der Waals surface area contributed by atoms with Gasteiger partial charge in [0, 0.05) is 19.0 Å². The fourth-order valence-electron chi connectivity index (χ4n) is 5.47. The zero-order valence-electron chi connectivity index (χ0n) is 22.4. The maximum absolute atomic E-state index is 12.7. The average Bonchev–Trinajstić information content (AvgIpc) is 2.98. The minimum absolute atomic E-state index is 0.0243. The number of hydrogen-bond donors (Lipinski definition) is 2. The molecular formula is C31H37N3O4. The van der Waals surface area contributed by atoms with Crippen LogP contribution in [0.3, 0.4) is 0 Å². The highest BCUT2D eigenvalue weighted by Crippen LogP contribution is 2.42. The number of anilines is 2. The number of esters is 1. The molecule has 3 aromatic rings. The van der Waals surface area contributed by atoms with E-state index >= 15 is 0 Å². The molecule has 1 saturated heterocycles. The Kier molecular flexibility index (Phi) is 8.79. The molecule has 0 aliphatic carbocycles. The van der Waals surface area contributed by atoms with Crippen molar-refractivity contribution in [1.29, 1.82) is 0 Å². The van der Waals surface area contributed by atoms with Crippen LogP contribution in [0, 0.1) is 11.8 Å². The number of nitrogens with one attached hydrogen (secondary N) is 1. The van der Waals surface area contributed by atoms with Crippen LogP contribution >= 0.6 is 0 Å². The zero-order valence-corrected chi connectivity index (χ0v) is 22.4. The van der Waals surface area contributed by atoms with E-state index < -0.39 is 11.6 Å². The van der Waals surface area contributed by atoms with Crippen LogP contribution in [0.1, 0.15) is 61.0 Å². The lowest BCUT2D eigenvalue weighted by atomic mass is 9.72. The number of aromatic nitrogens is 1. The highest BCUT2D eigenvalue weighted by Gasteiger charge is 2.42. The fourth-order valence-corrected chi connectivity index (χ4v) is 5.47. The van der Waals surface area contributed by atoms with Crippen LogP contribution in [-0.4, -0.2) is 42.2 Å². The highest BCUT2D eigenvalue weighted by atomic mass is 16.5. The number of piperidine rings is 1. The van der Waals surface area contributed by atoms with Crippen molar-refractivity contribution < 1.29 is 19.4 Å². The zero-order chi connectivity index (χ0) is 27.1. The van der Waals surface area contributed by atoms with Crippen molar-refractivity contribution in [3.8, 4) is 0 Å². The molecule has 2 aromatic carbocycles. The number of aliphatic hydroxyl groups is 1. The predicted octanol–water partition coefficient (Wildman–Crippen LogP) is 5.40. The van der Waals surface area contributed by atoms with Crippen molar-refractivity contribution in [2.75, 3.05) is 30.4 Å². The second-order valence-electron chi connectivity index (χ2n) is 9.85. The molecule has 200 valence electrons. The smallest absolute Gasteiger partial charge is 0.341 e. The summed E-state index contributed by atoms with van der Waals surface area (Å²) in [6.07, 6.45) is 4.49. The molecule has 0 radical (unpaired) electrons. The number of ether oxygens (including phenoxy) is 1. The van der Waals surface area contributed by atoms with Gasteiger partial charge in [-0.1, -0.05) is 74.5 Å². The number of hydrogen-bond acceptors (Lipinski definition) is 6. The number of rotatable bonds is 9. The standard InChI is InChI=1S/C31H37N3O4/c1-4-22(5-2)29(35)33-26-20-27(30(36)38-3)28(32-21-26)34-18-16-25(17-19-34)31(37,23-12-8-6-9-13-23)24-14-10-7-11-15-24/h6-15,20-22,25,37H,4-5,16-19H2,1-3H3,(H,33,35). The molecule has 2 N–H and O–H groups in total. The SMILES string of the molecule is CCC(CC)C(=O)Nc1cnc(N2CCC(C(O)(c3ccccc3)c3ccccc3)CC2)c(C(=O)OC)c1. The maximum atomic E-state index is 12.7. The first kappa shape index (κ1) is 27.3. The van der Waals surface area contributed by atoms with Crippen LogP contribution in [0.2, 0.25) is 0 Å². The van der Waals surface area contributed by atoms with Crippen LogP contribution in [0.5, 0.6) is 0 Å². The summed E-state index contributed by atoms with van der Waals surface area (Å²) in [7, 11) is 1.34. The monoisotopic (exact) mass is 515 g/mol. The summed E-state index contributed by atoms with van der Waals surface area (Å²) in [4.78, 5) is 31.9. The summed E-state index contributed by atoms with van der Waals surface area (Å²) in [6.45, 7) is 5.19. The normalized spacial score (nSPS) is 14.4. The first-order chi connectivity index (χ1) is 18.4. The van der Waals surface area contributed by atoms with E-state index in [0.29, 0.717) is 43.0 Å². The Morgan fingerprint density at radius 2 is 1.58 bits per heavy atom. The number of benzene rings is 2. The maximum Gasteiger partial charge on any atom is 0.341 e. The third kappa shape index (κ3) is 5.58. The minimum atomic E-state index is -1.13. The number of carbonyl (C=O) groups excluding carboxylic acids is 2.